The van der Waals surface area contributed by atoms with Gasteiger partial charge in [-0.05, 0) is 176 Å². The van der Waals surface area contributed by atoms with Crippen molar-refractivity contribution in [2.24, 2.45) is 5.92 Å². The summed E-state index contributed by atoms with van der Waals surface area (Å²) < 4.78 is 9.64. The van der Waals surface area contributed by atoms with Crippen molar-refractivity contribution in [1.29, 1.82) is 10.5 Å². The number of benzene rings is 4. The molecular weight excluding hydrogens is 637 g/mol. The Kier molecular flexibility index (Phi) is 7.57. The van der Waals surface area contributed by atoms with Crippen LogP contribution in [-0.4, -0.2) is 9.13 Å². The van der Waals surface area contributed by atoms with Gasteiger partial charge in [-0.1, -0.05) is 19.8 Å². The van der Waals surface area contributed by atoms with E-state index in [4.69, 9.17) is 0 Å². The Morgan fingerprint density at radius 3 is 1.62 bits per heavy atom. The van der Waals surface area contributed by atoms with Crippen molar-refractivity contribution >= 4 is 22.1 Å². The van der Waals surface area contributed by atoms with Crippen LogP contribution in [0.2, 0.25) is 0 Å². The first kappa shape index (κ1) is 31.5. The Bertz CT molecular complexity index is 2420. The maximum absolute atomic E-state index is 9.51. The molecule has 2 aromatic heterocycles. The van der Waals surface area contributed by atoms with E-state index in [0.717, 1.165) is 30.4 Å². The van der Waals surface area contributed by atoms with Crippen LogP contribution in [0, 0.1) is 28.6 Å². The molecule has 2 heterocycles. The van der Waals surface area contributed by atoms with E-state index in [9.17, 15) is 10.5 Å². The Morgan fingerprint density at radius 2 is 1.10 bits per heavy atom. The van der Waals surface area contributed by atoms with Gasteiger partial charge in [-0.15, -0.1) is 0 Å². The molecule has 6 aliphatic rings. The third-order valence-electron chi connectivity index (χ3n) is 13.5. The number of hydrogen-bond acceptors (Lipinski definition) is 2. The molecule has 4 bridgehead atoms. The van der Waals surface area contributed by atoms with Crippen LogP contribution in [-0.2, 0) is 13.1 Å². The lowest BCUT2D eigenvalue weighted by molar-refractivity contribution is -0.755. The van der Waals surface area contributed by atoms with E-state index >= 15 is 0 Å². The molecular formula is C46H46N6+2. The van der Waals surface area contributed by atoms with E-state index < -0.39 is 0 Å². The first-order chi connectivity index (χ1) is 25.6. The zero-order valence-corrected chi connectivity index (χ0v) is 30.1. The normalized spacial score (nSPS) is 22.7. The molecule has 3 unspecified atom stereocenters. The number of unbranched alkanes of at least 4 members (excludes halogenated alkanes) is 1. The van der Waals surface area contributed by atoms with Gasteiger partial charge in [0.05, 0.1) is 23.3 Å². The van der Waals surface area contributed by atoms with Gasteiger partial charge < -0.3 is 0 Å². The van der Waals surface area contributed by atoms with Crippen molar-refractivity contribution < 1.29 is 9.13 Å². The summed E-state index contributed by atoms with van der Waals surface area (Å²) in [6, 6.07) is 30.8. The number of aryl methyl sites for hydroxylation is 2. The number of aromatic nitrogens is 4. The van der Waals surface area contributed by atoms with Crippen molar-refractivity contribution in [2.75, 3.05) is 0 Å². The highest BCUT2D eigenvalue weighted by Gasteiger charge is 2.41. The van der Waals surface area contributed by atoms with Crippen molar-refractivity contribution in [3.63, 3.8) is 0 Å². The Morgan fingerprint density at radius 1 is 0.615 bits per heavy atom. The van der Waals surface area contributed by atoms with Gasteiger partial charge in [0.15, 0.2) is 22.1 Å². The largest absolute Gasteiger partial charge is 0.250 e. The number of nitrogens with zero attached hydrogens (tertiary/aromatic N) is 6. The molecule has 0 radical (unpaired) electrons. The molecule has 6 nitrogen and oxygen atoms in total. The second-order valence-corrected chi connectivity index (χ2v) is 16.2. The SMILES string of the molecule is CCCCC1CC2CCC1c1cc3c(cc12)n(-c1ccc(C#N)cc1)c[n+]3CC[n+]1cn(-c2ccc(C#N)cc2)c2cc3c(cc21)C1CCC3CC1. The molecule has 52 heavy (non-hydrogen) atoms. The highest BCUT2D eigenvalue weighted by molar-refractivity contribution is 5.78. The predicted octanol–water partition coefficient (Wildman–Crippen LogP) is 9.52. The van der Waals surface area contributed by atoms with E-state index in [1.54, 1.807) is 22.3 Å². The number of imidazole rings is 2. The number of rotatable bonds is 8. The predicted molar refractivity (Wildman–Crippen MR) is 203 cm³/mol. The Labute approximate surface area is 306 Å². The maximum atomic E-state index is 9.51. The second kappa shape index (κ2) is 12.5. The average molecular weight is 683 g/mol. The molecule has 0 N–H and O–H groups in total. The minimum atomic E-state index is 0.661. The number of nitriles is 2. The van der Waals surface area contributed by atoms with Gasteiger partial charge >= 0.3 is 0 Å². The van der Waals surface area contributed by atoms with Crippen molar-refractivity contribution in [3.8, 4) is 23.5 Å². The third kappa shape index (κ3) is 5.02. The van der Waals surface area contributed by atoms with Crippen LogP contribution >= 0.6 is 0 Å². The highest BCUT2D eigenvalue weighted by Crippen LogP contribution is 2.54. The molecule has 4 aromatic carbocycles. The van der Waals surface area contributed by atoms with Crippen LogP contribution in [0.5, 0.6) is 0 Å². The first-order valence-electron chi connectivity index (χ1n) is 19.8. The van der Waals surface area contributed by atoms with Crippen LogP contribution in [0.25, 0.3) is 33.4 Å². The van der Waals surface area contributed by atoms with Crippen molar-refractivity contribution in [2.45, 2.75) is 108 Å². The third-order valence-corrected chi connectivity index (χ3v) is 13.5. The van der Waals surface area contributed by atoms with E-state index in [1.165, 1.54) is 86.3 Å². The molecule has 0 saturated heterocycles. The molecule has 2 fully saturated rings. The standard InChI is InChI=1S/C46H46N6/c1-2-3-4-34-21-35-13-18-38(34)42-25-44-46(24-41(35)42)52(37-16-7-31(27-48)8-17-37)29-50(44)20-19-49-28-51(36-14-5-30(26-47)6-15-36)45-23-40-33-11-9-32(10-12-33)39(40)22-43(45)49/h5-8,14-17,22-25,28-29,32-35,38H,2-4,9-13,18-21H2,1H3/q+2. The van der Waals surface area contributed by atoms with Gasteiger partial charge in [0, 0.05) is 0 Å². The number of hydrogen-bond donors (Lipinski definition) is 0. The van der Waals surface area contributed by atoms with Gasteiger partial charge in [-0.3, -0.25) is 0 Å². The Balaban J connectivity index is 1.08. The summed E-state index contributed by atoms with van der Waals surface area (Å²) in [6.45, 7) is 4.00. The summed E-state index contributed by atoms with van der Waals surface area (Å²) in [6.07, 6.45) is 17.8. The molecule has 3 atom stereocenters. The van der Waals surface area contributed by atoms with Gasteiger partial charge in [0.25, 0.3) is 0 Å². The van der Waals surface area contributed by atoms with E-state index in [0.29, 0.717) is 34.8 Å². The smallest absolute Gasteiger partial charge is 0.225 e. The first-order valence-corrected chi connectivity index (χ1v) is 19.8. The molecule has 0 aliphatic heterocycles. The fourth-order valence-electron chi connectivity index (χ4n) is 10.8. The van der Waals surface area contributed by atoms with Gasteiger partial charge in [-0.2, -0.15) is 19.7 Å². The van der Waals surface area contributed by atoms with Crippen molar-refractivity contribution in [3.05, 3.63) is 119 Å². The van der Waals surface area contributed by atoms with Crippen LogP contribution in [0.4, 0.5) is 0 Å². The Hall–Kier alpha value is -5.20. The van der Waals surface area contributed by atoms with Crippen molar-refractivity contribution in [1.82, 2.24) is 9.13 Å². The molecule has 258 valence electrons. The van der Waals surface area contributed by atoms with Crippen LogP contribution in [0.3, 0.4) is 0 Å². The summed E-state index contributed by atoms with van der Waals surface area (Å²) in [5, 5.41) is 19.0. The molecule has 0 spiro atoms. The summed E-state index contributed by atoms with van der Waals surface area (Å²) >= 11 is 0. The van der Waals surface area contributed by atoms with E-state index in [-0.39, 0.29) is 0 Å². The van der Waals surface area contributed by atoms with Crippen LogP contribution in [0.1, 0.15) is 128 Å². The minimum absolute atomic E-state index is 0.661. The van der Waals surface area contributed by atoms with Gasteiger partial charge in [-0.25, -0.2) is 9.13 Å². The molecule has 12 rings (SSSR count). The molecule has 0 amide bonds. The quantitative estimate of drug-likeness (QED) is 0.150. The summed E-state index contributed by atoms with van der Waals surface area (Å²) in [4.78, 5) is 0. The van der Waals surface area contributed by atoms with Gasteiger partial charge in [0.1, 0.15) is 24.5 Å². The minimum Gasteiger partial charge on any atom is -0.225 e. The lowest BCUT2D eigenvalue weighted by Crippen LogP contribution is -2.43. The summed E-state index contributed by atoms with van der Waals surface area (Å²) in [5.41, 5.74) is 15.0. The molecule has 6 aromatic rings. The zero-order chi connectivity index (χ0) is 34.9. The van der Waals surface area contributed by atoms with Crippen LogP contribution in [0.15, 0.2) is 85.5 Å². The number of fused-ring (bicyclic) bond motifs is 6. The average Bonchev–Trinajstić information content (AvgIpc) is 3.75. The van der Waals surface area contributed by atoms with Crippen LogP contribution < -0.4 is 9.13 Å². The fraction of sp³-hybridized carbons (Fsp3) is 0.391. The maximum Gasteiger partial charge on any atom is 0.250 e. The lowest BCUT2D eigenvalue weighted by Gasteiger charge is -2.44. The van der Waals surface area contributed by atoms with E-state index in [1.807, 2.05) is 24.3 Å². The zero-order valence-electron chi connectivity index (χ0n) is 30.1. The monoisotopic (exact) mass is 682 g/mol. The molecule has 6 aliphatic carbocycles. The fourth-order valence-corrected chi connectivity index (χ4v) is 10.8. The second-order valence-electron chi connectivity index (χ2n) is 16.2. The summed E-state index contributed by atoms with van der Waals surface area (Å²) in [5.74, 6) is 3.49. The van der Waals surface area contributed by atoms with E-state index in [2.05, 4.69) is 98.5 Å². The molecule has 2 saturated carbocycles. The topological polar surface area (TPSA) is 65.2 Å². The molecule has 6 heteroatoms. The lowest BCUT2D eigenvalue weighted by atomic mass is 9.60. The van der Waals surface area contributed by atoms with Gasteiger partial charge in [0.2, 0.25) is 12.7 Å². The summed E-state index contributed by atoms with van der Waals surface area (Å²) in [7, 11) is 0. The highest BCUT2D eigenvalue weighted by atomic mass is 15.2.